The molecule has 1 atom stereocenters. The van der Waals surface area contributed by atoms with Crippen molar-refractivity contribution >= 4 is 6.09 Å². The normalized spacial score (nSPS) is 17.1. The number of rotatable bonds is 3. The predicted molar refractivity (Wildman–Crippen MR) is 97.2 cm³/mol. The molecule has 138 valence electrons. The Hall–Kier alpha value is -3.19. The van der Waals surface area contributed by atoms with Gasteiger partial charge in [-0.3, -0.25) is 0 Å². The standard InChI is InChI=1S/C20H18FN3O3/c21-17-5-7-18(8-6-17)24-12-16(11-22-24)14-1-3-15(4-2-14)19-13-23(20(25)26)9-10-27-19/h1-8,11-12,19H,9-10,13H2,(H,25,26). The second kappa shape index (κ2) is 7.20. The number of carbonyl (C=O) groups is 1. The van der Waals surface area contributed by atoms with Crippen LogP contribution in [0.2, 0.25) is 0 Å². The highest BCUT2D eigenvalue weighted by Gasteiger charge is 2.24. The van der Waals surface area contributed by atoms with Crippen LogP contribution in [0.25, 0.3) is 16.8 Å². The highest BCUT2D eigenvalue weighted by atomic mass is 19.1. The largest absolute Gasteiger partial charge is 0.465 e. The third-order valence-corrected chi connectivity index (χ3v) is 4.63. The van der Waals surface area contributed by atoms with Gasteiger partial charge in [-0.15, -0.1) is 0 Å². The summed E-state index contributed by atoms with van der Waals surface area (Å²) >= 11 is 0. The van der Waals surface area contributed by atoms with Crippen LogP contribution < -0.4 is 0 Å². The summed E-state index contributed by atoms with van der Waals surface area (Å²) in [5.74, 6) is -0.284. The summed E-state index contributed by atoms with van der Waals surface area (Å²) in [6, 6.07) is 14.0. The van der Waals surface area contributed by atoms with Crippen molar-refractivity contribution in [2.45, 2.75) is 6.10 Å². The van der Waals surface area contributed by atoms with Crippen LogP contribution in [0.1, 0.15) is 11.7 Å². The van der Waals surface area contributed by atoms with E-state index in [1.165, 1.54) is 17.0 Å². The lowest BCUT2D eigenvalue weighted by Gasteiger charge is -2.31. The average Bonchev–Trinajstić information content (AvgIpc) is 3.19. The van der Waals surface area contributed by atoms with Gasteiger partial charge in [0.05, 0.1) is 25.0 Å². The molecule has 4 rings (SSSR count). The number of ether oxygens (including phenoxy) is 1. The molecular formula is C20H18FN3O3. The van der Waals surface area contributed by atoms with E-state index in [1.54, 1.807) is 23.0 Å². The lowest BCUT2D eigenvalue weighted by atomic mass is 10.0. The number of halogens is 1. The van der Waals surface area contributed by atoms with Gasteiger partial charge in [-0.1, -0.05) is 24.3 Å². The molecule has 7 heteroatoms. The molecular weight excluding hydrogens is 349 g/mol. The SMILES string of the molecule is O=C(O)N1CCOC(c2ccc(-c3cnn(-c4ccc(F)cc4)c3)cc2)C1. The van der Waals surface area contributed by atoms with Crippen LogP contribution >= 0.6 is 0 Å². The lowest BCUT2D eigenvalue weighted by Crippen LogP contribution is -2.41. The van der Waals surface area contributed by atoms with E-state index >= 15 is 0 Å². The van der Waals surface area contributed by atoms with Gasteiger partial charge in [0.2, 0.25) is 0 Å². The van der Waals surface area contributed by atoms with Gasteiger partial charge < -0.3 is 14.7 Å². The molecule has 1 saturated heterocycles. The fourth-order valence-electron chi connectivity index (χ4n) is 3.12. The van der Waals surface area contributed by atoms with Gasteiger partial charge in [0.15, 0.2) is 0 Å². The van der Waals surface area contributed by atoms with Crippen molar-refractivity contribution in [1.29, 1.82) is 0 Å². The number of morpholine rings is 1. The Balaban J connectivity index is 1.51. The summed E-state index contributed by atoms with van der Waals surface area (Å²) in [7, 11) is 0. The van der Waals surface area contributed by atoms with Crippen LogP contribution in [0.4, 0.5) is 9.18 Å². The zero-order valence-corrected chi connectivity index (χ0v) is 14.5. The molecule has 27 heavy (non-hydrogen) atoms. The molecule has 1 fully saturated rings. The fourth-order valence-corrected chi connectivity index (χ4v) is 3.12. The number of benzene rings is 2. The molecule has 1 amide bonds. The first-order chi connectivity index (χ1) is 13.1. The number of amides is 1. The van der Waals surface area contributed by atoms with Gasteiger partial charge in [-0.2, -0.15) is 5.10 Å². The minimum atomic E-state index is -0.923. The Morgan fingerprint density at radius 2 is 1.85 bits per heavy atom. The lowest BCUT2D eigenvalue weighted by molar-refractivity contribution is -0.0231. The number of hydrogen-bond acceptors (Lipinski definition) is 3. The van der Waals surface area contributed by atoms with Crippen LogP contribution in [0.15, 0.2) is 60.9 Å². The first-order valence-corrected chi connectivity index (χ1v) is 8.60. The van der Waals surface area contributed by atoms with E-state index in [2.05, 4.69) is 5.10 Å². The van der Waals surface area contributed by atoms with Crippen molar-refractivity contribution in [1.82, 2.24) is 14.7 Å². The monoisotopic (exact) mass is 367 g/mol. The summed E-state index contributed by atoms with van der Waals surface area (Å²) in [6.07, 6.45) is 2.45. The smallest absolute Gasteiger partial charge is 0.407 e. The van der Waals surface area contributed by atoms with Crippen LogP contribution in [0, 0.1) is 5.82 Å². The van der Waals surface area contributed by atoms with Gasteiger partial charge in [-0.05, 0) is 35.4 Å². The van der Waals surface area contributed by atoms with E-state index < -0.39 is 6.09 Å². The van der Waals surface area contributed by atoms with Crippen LogP contribution in [0.3, 0.4) is 0 Å². The van der Waals surface area contributed by atoms with Gasteiger partial charge in [0, 0.05) is 18.3 Å². The first kappa shape index (κ1) is 17.2. The zero-order chi connectivity index (χ0) is 18.8. The molecule has 3 aromatic rings. The maximum atomic E-state index is 13.1. The second-order valence-electron chi connectivity index (χ2n) is 6.36. The Morgan fingerprint density at radius 1 is 1.11 bits per heavy atom. The third kappa shape index (κ3) is 3.68. The second-order valence-corrected chi connectivity index (χ2v) is 6.36. The minimum absolute atomic E-state index is 0.258. The fraction of sp³-hybridized carbons (Fsp3) is 0.200. The molecule has 1 aliphatic heterocycles. The molecule has 0 radical (unpaired) electrons. The topological polar surface area (TPSA) is 67.6 Å². The van der Waals surface area contributed by atoms with Gasteiger partial charge >= 0.3 is 6.09 Å². The molecule has 1 unspecified atom stereocenters. The number of carboxylic acid groups (broad SMARTS) is 1. The van der Waals surface area contributed by atoms with Crippen molar-refractivity contribution in [2.75, 3.05) is 19.7 Å². The minimum Gasteiger partial charge on any atom is -0.465 e. The van der Waals surface area contributed by atoms with Crippen molar-refractivity contribution in [3.8, 4) is 16.8 Å². The maximum Gasteiger partial charge on any atom is 0.407 e. The third-order valence-electron chi connectivity index (χ3n) is 4.63. The van der Waals surface area contributed by atoms with Crippen molar-refractivity contribution in [2.24, 2.45) is 0 Å². The van der Waals surface area contributed by atoms with Crippen LogP contribution in [-0.2, 0) is 4.74 Å². The van der Waals surface area contributed by atoms with Crippen molar-refractivity contribution in [3.63, 3.8) is 0 Å². The number of aromatic nitrogens is 2. The van der Waals surface area contributed by atoms with Gasteiger partial charge in [0.1, 0.15) is 11.9 Å². The highest BCUT2D eigenvalue weighted by Crippen LogP contribution is 2.26. The molecule has 0 bridgehead atoms. The molecule has 0 spiro atoms. The Morgan fingerprint density at radius 3 is 2.56 bits per heavy atom. The summed E-state index contributed by atoms with van der Waals surface area (Å²) in [5.41, 5.74) is 3.64. The van der Waals surface area contributed by atoms with E-state index in [0.717, 1.165) is 22.4 Å². The van der Waals surface area contributed by atoms with Crippen LogP contribution in [-0.4, -0.2) is 45.6 Å². The van der Waals surface area contributed by atoms with E-state index in [1.807, 2.05) is 30.5 Å². The summed E-state index contributed by atoms with van der Waals surface area (Å²) < 4.78 is 20.5. The number of nitrogens with zero attached hydrogens (tertiary/aromatic N) is 3. The van der Waals surface area contributed by atoms with Crippen LogP contribution in [0.5, 0.6) is 0 Å². The Labute approximate surface area is 155 Å². The van der Waals surface area contributed by atoms with E-state index in [0.29, 0.717) is 19.7 Å². The molecule has 1 aromatic heterocycles. The molecule has 1 aliphatic rings. The summed E-state index contributed by atoms with van der Waals surface area (Å²) in [6.45, 7) is 1.12. The molecule has 2 heterocycles. The van der Waals surface area contributed by atoms with Gasteiger partial charge in [-0.25, -0.2) is 13.9 Å². The summed E-state index contributed by atoms with van der Waals surface area (Å²) in [5, 5.41) is 13.5. The highest BCUT2D eigenvalue weighted by molar-refractivity contribution is 5.65. The Kier molecular flexibility index (Phi) is 4.60. The zero-order valence-electron chi connectivity index (χ0n) is 14.5. The average molecular weight is 367 g/mol. The van der Waals surface area contributed by atoms with Crippen molar-refractivity contribution < 1.29 is 19.0 Å². The molecule has 2 aromatic carbocycles. The van der Waals surface area contributed by atoms with Crippen molar-refractivity contribution in [3.05, 3.63) is 72.3 Å². The molecule has 0 saturated carbocycles. The maximum absolute atomic E-state index is 13.1. The summed E-state index contributed by atoms with van der Waals surface area (Å²) in [4.78, 5) is 12.5. The Bertz CT molecular complexity index is 938. The van der Waals surface area contributed by atoms with E-state index in [9.17, 15) is 9.18 Å². The molecule has 0 aliphatic carbocycles. The van der Waals surface area contributed by atoms with Gasteiger partial charge in [0.25, 0.3) is 0 Å². The molecule has 1 N–H and O–H groups in total. The first-order valence-electron chi connectivity index (χ1n) is 8.60. The van der Waals surface area contributed by atoms with E-state index in [4.69, 9.17) is 9.84 Å². The van der Waals surface area contributed by atoms with E-state index in [-0.39, 0.29) is 11.9 Å². The quantitative estimate of drug-likeness (QED) is 0.766. The number of hydrogen-bond donors (Lipinski definition) is 1. The molecule has 6 nitrogen and oxygen atoms in total. The predicted octanol–water partition coefficient (Wildman–Crippen LogP) is 3.73.